The van der Waals surface area contributed by atoms with Gasteiger partial charge in [0.2, 0.25) is 0 Å². The van der Waals surface area contributed by atoms with Gasteiger partial charge in [-0.05, 0) is 48.0 Å². The monoisotopic (exact) mass is 791 g/mol. The molecule has 0 N–H and O–H groups in total. The first-order chi connectivity index (χ1) is 22.8. The number of rotatable bonds is 4. The van der Waals surface area contributed by atoms with Gasteiger partial charge < -0.3 is 30.4 Å². The minimum absolute atomic E-state index is 0. The van der Waals surface area contributed by atoms with Crippen molar-refractivity contribution in [2.45, 2.75) is 0 Å². The Morgan fingerprint density at radius 2 is 0.957 bits per heavy atom. The van der Waals surface area contributed by atoms with Crippen LogP contribution in [0.2, 0.25) is 0 Å². The number of imidazole rings is 2. The van der Waals surface area contributed by atoms with Gasteiger partial charge in [0.05, 0.1) is 5.69 Å². The Kier molecular flexibility index (Phi) is 7.11. The first-order valence-corrected chi connectivity index (χ1v) is 14.8. The molecule has 11 heteroatoms. The van der Waals surface area contributed by atoms with Gasteiger partial charge >= 0.3 is 21.1 Å². The van der Waals surface area contributed by atoms with Crippen LogP contribution in [0.4, 0.5) is 23.1 Å². The van der Waals surface area contributed by atoms with Crippen molar-refractivity contribution in [2.75, 3.05) is 9.80 Å². The number of hydrogen-bond donors (Lipinski definition) is 0. The van der Waals surface area contributed by atoms with Crippen molar-refractivity contribution in [1.29, 1.82) is 0 Å². The Bertz CT molecular complexity index is 2200. The first kappa shape index (κ1) is 28.5. The predicted molar refractivity (Wildman–Crippen MR) is 182 cm³/mol. The number of para-hydroxylation sites is 4. The van der Waals surface area contributed by atoms with Gasteiger partial charge in [-0.2, -0.15) is 0 Å². The Labute approximate surface area is 285 Å². The molecular weight excluding hydrogens is 768 g/mol. The number of benzene rings is 4. The summed E-state index contributed by atoms with van der Waals surface area (Å²) in [5, 5.41) is 10.0. The van der Waals surface area contributed by atoms with Crippen LogP contribution < -0.4 is 9.80 Å². The van der Waals surface area contributed by atoms with Crippen LogP contribution in [0.15, 0.2) is 156 Å². The van der Waals surface area contributed by atoms with E-state index < -0.39 is 0 Å². The molecule has 6 aromatic rings. The summed E-state index contributed by atoms with van der Waals surface area (Å²) in [6, 6.07) is 40.1. The molecule has 10 nitrogen and oxygen atoms in total. The average molecular weight is 792 g/mol. The molecule has 5 heterocycles. The van der Waals surface area contributed by atoms with Gasteiger partial charge in [0, 0.05) is 47.1 Å². The van der Waals surface area contributed by atoms with Gasteiger partial charge in [-0.3, -0.25) is 9.13 Å². The molecule has 4 aromatic carbocycles. The Balaban J connectivity index is 0.00000324. The van der Waals surface area contributed by atoms with Crippen molar-refractivity contribution >= 4 is 46.5 Å². The number of nitrogens with zero attached hydrogens (tertiary/aromatic N) is 10. The summed E-state index contributed by atoms with van der Waals surface area (Å²) in [6.07, 6.45) is 7.77. The van der Waals surface area contributed by atoms with Crippen molar-refractivity contribution in [1.82, 2.24) is 19.1 Å². The first-order valence-electron chi connectivity index (χ1n) is 14.8. The van der Waals surface area contributed by atoms with Crippen molar-refractivity contribution < 1.29 is 21.1 Å². The molecule has 0 fully saturated rings. The quantitative estimate of drug-likeness (QED) is 0.180. The summed E-state index contributed by atoms with van der Waals surface area (Å²) in [4.78, 5) is 24.0. The van der Waals surface area contributed by atoms with E-state index in [4.69, 9.17) is 30.6 Å². The summed E-state index contributed by atoms with van der Waals surface area (Å²) in [7, 11) is 0. The normalized spacial score (nSPS) is 14.6. The van der Waals surface area contributed by atoms with Crippen molar-refractivity contribution in [3.8, 4) is 11.4 Å². The maximum absolute atomic E-state index is 5.08. The number of aromatic nitrogens is 4. The molecule has 47 heavy (non-hydrogen) atoms. The smallest absolute Gasteiger partial charge is 0.374 e. The number of aliphatic imine (C=N–C) groups is 2. The van der Waals surface area contributed by atoms with Crippen molar-refractivity contribution in [3.63, 3.8) is 0 Å². The molecule has 228 valence electrons. The van der Waals surface area contributed by atoms with Gasteiger partial charge in [0.15, 0.2) is 5.95 Å². The van der Waals surface area contributed by atoms with E-state index in [0.717, 1.165) is 22.7 Å². The third kappa shape index (κ3) is 5.14. The number of fused-ring (bicyclic) bond motifs is 10. The second-order valence-corrected chi connectivity index (χ2v) is 10.7. The number of hydrogen-bond acceptors (Lipinski definition) is 6. The van der Waals surface area contributed by atoms with Crippen LogP contribution in [-0.2, 0) is 21.1 Å². The molecule has 0 aliphatic carbocycles. The zero-order chi connectivity index (χ0) is 30.5. The van der Waals surface area contributed by atoms with Crippen molar-refractivity contribution in [2.24, 2.45) is 9.98 Å². The predicted octanol–water partition coefficient (Wildman–Crippen LogP) is 8.13. The second kappa shape index (κ2) is 11.7. The minimum Gasteiger partial charge on any atom is -0.374 e. The van der Waals surface area contributed by atoms with E-state index in [-0.39, 0.29) is 21.1 Å². The van der Waals surface area contributed by atoms with Crippen LogP contribution in [0.1, 0.15) is 11.5 Å². The zero-order valence-corrected chi connectivity index (χ0v) is 26.9. The molecule has 3 aliphatic heterocycles. The maximum atomic E-state index is 5.08. The van der Waals surface area contributed by atoms with E-state index in [1.807, 2.05) is 165 Å². The molecule has 9 rings (SSSR count). The van der Waals surface area contributed by atoms with Crippen LogP contribution >= 0.6 is 0 Å². The summed E-state index contributed by atoms with van der Waals surface area (Å²) in [5.74, 6) is 2.52. The molecule has 2 aromatic heterocycles. The van der Waals surface area contributed by atoms with Gasteiger partial charge in [-0.15, -0.1) is 0 Å². The molecular formula is C36H24N10Pt. The van der Waals surface area contributed by atoms with Crippen LogP contribution in [0, 0.1) is 0 Å². The SMILES string of the molecule is C1=C2[N-]C(=Nc3cn(-c4ccccc4)c(n3)C3=CN(c4ccccc4)C(=Nc4nc2cn4-c2ccccc2)[N-]3)N1c1ccccc1.[Pt+2]. The van der Waals surface area contributed by atoms with E-state index in [1.54, 1.807) is 0 Å². The third-order valence-electron chi connectivity index (χ3n) is 7.80. The number of guanidine groups is 2. The van der Waals surface area contributed by atoms with E-state index in [1.165, 1.54) is 0 Å². The van der Waals surface area contributed by atoms with E-state index in [0.29, 0.717) is 46.6 Å². The molecule has 0 saturated heterocycles. The Morgan fingerprint density at radius 3 is 1.55 bits per heavy atom. The fraction of sp³-hybridized carbons (Fsp3) is 0. The largest absolute Gasteiger partial charge is 2.00 e. The molecule has 8 bridgehead atoms. The minimum atomic E-state index is 0. The Morgan fingerprint density at radius 1 is 0.468 bits per heavy atom. The fourth-order valence-electron chi connectivity index (χ4n) is 5.62. The summed E-state index contributed by atoms with van der Waals surface area (Å²) >= 11 is 0. The standard InChI is InChI=1S/C36H24N10.Pt/c1-5-13-25(14-6-1)43-24-32-40-33(43)31-23-46(28-19-11-4-12-20-28)36(39-31)42-35-38-30(22-45(35)27-17-9-3-10-18-27)29-21-44(34(37-29)41-32)26-15-7-2-8-16-26;/h1-24H;/q-2;+2. The van der Waals surface area contributed by atoms with Gasteiger partial charge in [-0.1, -0.05) is 97.1 Å². The Hall–Kier alpha value is -5.99. The summed E-state index contributed by atoms with van der Waals surface area (Å²) < 4.78 is 3.96. The molecule has 0 spiro atoms. The van der Waals surface area contributed by atoms with E-state index >= 15 is 0 Å². The zero-order valence-electron chi connectivity index (χ0n) is 24.6. The molecule has 3 aliphatic rings. The fourth-order valence-corrected chi connectivity index (χ4v) is 5.62. The summed E-state index contributed by atoms with van der Waals surface area (Å²) in [6.45, 7) is 0. The van der Waals surface area contributed by atoms with Crippen molar-refractivity contribution in [3.05, 3.63) is 168 Å². The molecule has 0 unspecified atom stereocenters. The van der Waals surface area contributed by atoms with Gasteiger partial charge in [0.25, 0.3) is 0 Å². The molecule has 0 saturated carbocycles. The van der Waals surface area contributed by atoms with Crippen LogP contribution in [0.5, 0.6) is 0 Å². The van der Waals surface area contributed by atoms with E-state index in [2.05, 4.69) is 0 Å². The molecule has 0 atom stereocenters. The van der Waals surface area contributed by atoms with E-state index in [9.17, 15) is 0 Å². The summed E-state index contributed by atoms with van der Waals surface area (Å²) in [5.41, 5.74) is 5.62. The maximum Gasteiger partial charge on any atom is 2.00 e. The van der Waals surface area contributed by atoms with Crippen LogP contribution in [-0.4, -0.2) is 31.0 Å². The van der Waals surface area contributed by atoms with Crippen LogP contribution in [0.25, 0.3) is 33.4 Å². The van der Waals surface area contributed by atoms with Gasteiger partial charge in [0.1, 0.15) is 11.6 Å². The second-order valence-electron chi connectivity index (χ2n) is 10.7. The number of anilines is 2. The third-order valence-corrected chi connectivity index (χ3v) is 7.80. The molecule has 0 radical (unpaired) electrons. The molecule has 0 amide bonds. The van der Waals surface area contributed by atoms with Crippen LogP contribution in [0.3, 0.4) is 0 Å². The van der Waals surface area contributed by atoms with Gasteiger partial charge in [-0.25, -0.2) is 9.97 Å². The average Bonchev–Trinajstić information content (AvgIpc) is 3.91. The topological polar surface area (TPSA) is 95.0 Å².